The lowest BCUT2D eigenvalue weighted by atomic mass is 10.1. The van der Waals surface area contributed by atoms with Crippen LogP contribution in [-0.2, 0) is 16.1 Å². The molecule has 0 bridgehead atoms. The molecule has 1 aromatic carbocycles. The highest BCUT2D eigenvalue weighted by atomic mass is 19.1. The van der Waals surface area contributed by atoms with Crippen molar-refractivity contribution in [2.45, 2.75) is 19.2 Å². The largest absolute Gasteiger partial charge is 0.445 e. The van der Waals surface area contributed by atoms with Gasteiger partial charge in [-0.05, 0) is 5.56 Å². The van der Waals surface area contributed by atoms with E-state index in [0.29, 0.717) is 0 Å². The molecular weight excluding hydrogens is 237 g/mol. The van der Waals surface area contributed by atoms with Crippen LogP contribution in [-0.4, -0.2) is 36.0 Å². The number of piperidine rings is 1. The quantitative estimate of drug-likeness (QED) is 0.807. The molecule has 1 heterocycles. The number of alkyl halides is 1. The van der Waals surface area contributed by atoms with E-state index in [1.54, 1.807) is 0 Å². The fraction of sp³-hybridized carbons (Fsp3) is 0.385. The molecule has 1 aliphatic heterocycles. The van der Waals surface area contributed by atoms with Crippen LogP contribution in [0.15, 0.2) is 30.3 Å². The molecule has 4 nitrogen and oxygen atoms in total. The zero-order valence-corrected chi connectivity index (χ0v) is 9.84. The van der Waals surface area contributed by atoms with Gasteiger partial charge in [-0.1, -0.05) is 30.3 Å². The van der Waals surface area contributed by atoms with Crippen LogP contribution in [0.3, 0.4) is 0 Å². The minimum Gasteiger partial charge on any atom is -0.445 e. The molecule has 0 aromatic heterocycles. The summed E-state index contributed by atoms with van der Waals surface area (Å²) >= 11 is 0. The molecule has 0 aliphatic carbocycles. The van der Waals surface area contributed by atoms with Gasteiger partial charge in [0.15, 0.2) is 12.0 Å². The highest BCUT2D eigenvalue weighted by molar-refractivity contribution is 5.88. The summed E-state index contributed by atoms with van der Waals surface area (Å²) in [5, 5.41) is 0. The van der Waals surface area contributed by atoms with E-state index in [9.17, 15) is 14.0 Å². The molecule has 1 saturated heterocycles. The summed E-state index contributed by atoms with van der Waals surface area (Å²) in [6.45, 7) is 0.179. The number of hydrogen-bond donors (Lipinski definition) is 0. The molecule has 1 aromatic rings. The smallest absolute Gasteiger partial charge is 0.410 e. The Hall–Kier alpha value is -1.91. The first kappa shape index (κ1) is 12.5. The highest BCUT2D eigenvalue weighted by Gasteiger charge is 2.30. The van der Waals surface area contributed by atoms with Crippen LogP contribution in [0.4, 0.5) is 9.18 Å². The van der Waals surface area contributed by atoms with E-state index in [4.69, 9.17) is 4.74 Å². The number of likely N-dealkylation sites (tertiary alicyclic amines) is 1. The molecule has 1 amide bonds. The number of amides is 1. The molecule has 1 fully saturated rings. The van der Waals surface area contributed by atoms with Gasteiger partial charge in [0.1, 0.15) is 6.61 Å². The van der Waals surface area contributed by atoms with E-state index >= 15 is 0 Å². The molecule has 1 unspecified atom stereocenters. The zero-order chi connectivity index (χ0) is 13.0. The Labute approximate surface area is 104 Å². The zero-order valence-electron chi connectivity index (χ0n) is 9.84. The molecule has 1 atom stereocenters. The van der Waals surface area contributed by atoms with Crippen LogP contribution in [0, 0.1) is 0 Å². The van der Waals surface area contributed by atoms with Crippen molar-refractivity contribution < 1.29 is 18.7 Å². The third-order valence-corrected chi connectivity index (χ3v) is 2.81. The van der Waals surface area contributed by atoms with Crippen LogP contribution in [0.5, 0.6) is 0 Å². The number of rotatable bonds is 2. The average molecular weight is 251 g/mol. The van der Waals surface area contributed by atoms with E-state index < -0.39 is 18.0 Å². The SMILES string of the molecule is O=C1CN(C(=O)OCc2ccccc2)CCC1F. The van der Waals surface area contributed by atoms with Crippen molar-refractivity contribution in [1.82, 2.24) is 4.90 Å². The molecule has 0 N–H and O–H groups in total. The lowest BCUT2D eigenvalue weighted by Gasteiger charge is -2.26. The van der Waals surface area contributed by atoms with Crippen molar-refractivity contribution in [3.05, 3.63) is 35.9 Å². The van der Waals surface area contributed by atoms with Gasteiger partial charge in [-0.15, -0.1) is 0 Å². The number of benzene rings is 1. The van der Waals surface area contributed by atoms with Crippen molar-refractivity contribution in [2.24, 2.45) is 0 Å². The van der Waals surface area contributed by atoms with Gasteiger partial charge in [-0.3, -0.25) is 4.79 Å². The van der Waals surface area contributed by atoms with Crippen molar-refractivity contribution in [3.8, 4) is 0 Å². The third-order valence-electron chi connectivity index (χ3n) is 2.81. The first-order chi connectivity index (χ1) is 8.66. The maximum Gasteiger partial charge on any atom is 0.410 e. The van der Waals surface area contributed by atoms with Gasteiger partial charge in [0.05, 0.1) is 6.54 Å². The van der Waals surface area contributed by atoms with Crippen LogP contribution in [0.1, 0.15) is 12.0 Å². The third kappa shape index (κ3) is 3.06. The summed E-state index contributed by atoms with van der Waals surface area (Å²) in [5.41, 5.74) is 0.873. The molecule has 0 saturated carbocycles. The van der Waals surface area contributed by atoms with Gasteiger partial charge in [0, 0.05) is 13.0 Å². The molecule has 18 heavy (non-hydrogen) atoms. The maximum absolute atomic E-state index is 12.9. The monoisotopic (exact) mass is 251 g/mol. The van der Waals surface area contributed by atoms with Gasteiger partial charge in [-0.25, -0.2) is 9.18 Å². The standard InChI is InChI=1S/C13H14FNO3/c14-11-6-7-15(8-12(11)16)13(17)18-9-10-4-2-1-3-5-10/h1-5,11H,6-9H2. The fourth-order valence-electron chi connectivity index (χ4n) is 1.76. The van der Waals surface area contributed by atoms with Crippen molar-refractivity contribution in [2.75, 3.05) is 13.1 Å². The Morgan fingerprint density at radius 3 is 2.78 bits per heavy atom. The fourth-order valence-corrected chi connectivity index (χ4v) is 1.76. The van der Waals surface area contributed by atoms with E-state index in [1.165, 1.54) is 4.90 Å². The second kappa shape index (κ2) is 5.62. The highest BCUT2D eigenvalue weighted by Crippen LogP contribution is 2.12. The normalized spacial score (nSPS) is 19.7. The number of halogens is 1. The number of carbonyl (C=O) groups is 2. The molecular formula is C13H14FNO3. The molecule has 0 spiro atoms. The summed E-state index contributed by atoms with van der Waals surface area (Å²) < 4.78 is 18.0. The summed E-state index contributed by atoms with van der Waals surface area (Å²) in [5.74, 6) is -0.557. The summed E-state index contributed by atoms with van der Waals surface area (Å²) in [6, 6.07) is 9.25. The maximum atomic E-state index is 12.9. The Bertz CT molecular complexity index is 435. The van der Waals surface area contributed by atoms with Gasteiger partial charge in [0.2, 0.25) is 0 Å². The minimum atomic E-state index is -1.44. The lowest BCUT2D eigenvalue weighted by molar-refractivity contribution is -0.127. The number of carbonyl (C=O) groups excluding carboxylic acids is 2. The Kier molecular flexibility index (Phi) is 3.92. The molecule has 5 heteroatoms. The van der Waals surface area contributed by atoms with E-state index in [1.807, 2.05) is 30.3 Å². The first-order valence-corrected chi connectivity index (χ1v) is 5.79. The van der Waals surface area contributed by atoms with Crippen LogP contribution < -0.4 is 0 Å². The second-order valence-corrected chi connectivity index (χ2v) is 4.18. The topological polar surface area (TPSA) is 46.6 Å². The van der Waals surface area contributed by atoms with E-state index in [-0.39, 0.29) is 26.1 Å². The second-order valence-electron chi connectivity index (χ2n) is 4.18. The van der Waals surface area contributed by atoms with Crippen molar-refractivity contribution in [3.63, 3.8) is 0 Å². The van der Waals surface area contributed by atoms with Crippen LogP contribution in [0.25, 0.3) is 0 Å². The van der Waals surface area contributed by atoms with E-state index in [0.717, 1.165) is 5.56 Å². The Morgan fingerprint density at radius 2 is 2.11 bits per heavy atom. The predicted molar refractivity (Wildman–Crippen MR) is 62.7 cm³/mol. The van der Waals surface area contributed by atoms with Crippen LogP contribution >= 0.6 is 0 Å². The molecule has 2 rings (SSSR count). The van der Waals surface area contributed by atoms with Crippen molar-refractivity contribution >= 4 is 11.9 Å². The van der Waals surface area contributed by atoms with E-state index in [2.05, 4.69) is 0 Å². The molecule has 0 radical (unpaired) electrons. The summed E-state index contributed by atoms with van der Waals surface area (Å²) in [7, 11) is 0. The summed E-state index contributed by atoms with van der Waals surface area (Å²) in [6.07, 6.45) is -1.96. The van der Waals surface area contributed by atoms with Gasteiger partial charge in [0.25, 0.3) is 0 Å². The Morgan fingerprint density at radius 1 is 1.39 bits per heavy atom. The average Bonchev–Trinajstić information content (AvgIpc) is 2.40. The minimum absolute atomic E-state index is 0.0548. The van der Waals surface area contributed by atoms with Gasteiger partial charge in [-0.2, -0.15) is 0 Å². The molecule has 1 aliphatic rings. The van der Waals surface area contributed by atoms with Gasteiger partial charge < -0.3 is 9.64 Å². The number of Topliss-reactive ketones (excluding diaryl/α,β-unsaturated/α-hetero) is 1. The lowest BCUT2D eigenvalue weighted by Crippen LogP contribution is -2.45. The number of ether oxygens (including phenoxy) is 1. The number of ketones is 1. The van der Waals surface area contributed by atoms with Crippen molar-refractivity contribution in [1.29, 1.82) is 0 Å². The number of hydrogen-bond acceptors (Lipinski definition) is 3. The molecule has 96 valence electrons. The predicted octanol–water partition coefficient (Wildman–Crippen LogP) is 1.94. The Balaban J connectivity index is 1.83. The first-order valence-electron chi connectivity index (χ1n) is 5.79. The number of nitrogens with zero attached hydrogens (tertiary/aromatic N) is 1. The van der Waals surface area contributed by atoms with Gasteiger partial charge >= 0.3 is 6.09 Å². The van der Waals surface area contributed by atoms with Crippen LogP contribution in [0.2, 0.25) is 0 Å². The summed E-state index contributed by atoms with van der Waals surface area (Å²) in [4.78, 5) is 24.0.